The van der Waals surface area contributed by atoms with Crippen LogP contribution in [0, 0.1) is 0 Å². The van der Waals surface area contributed by atoms with Crippen molar-refractivity contribution in [3.05, 3.63) is 102 Å². The lowest BCUT2D eigenvalue weighted by atomic mass is 9.85. The normalized spacial score (nSPS) is 20.1. The molecule has 2 heterocycles. The summed E-state index contributed by atoms with van der Waals surface area (Å²) in [5.41, 5.74) is 3.58. The van der Waals surface area contributed by atoms with E-state index in [0.29, 0.717) is 5.92 Å². The van der Waals surface area contributed by atoms with Crippen molar-refractivity contribution in [3.8, 4) is 0 Å². The molecule has 1 fully saturated rings. The van der Waals surface area contributed by atoms with Crippen LogP contribution in [0.1, 0.15) is 90.0 Å². The van der Waals surface area contributed by atoms with E-state index in [2.05, 4.69) is 118 Å². The van der Waals surface area contributed by atoms with Gasteiger partial charge in [0.05, 0.1) is 22.7 Å². The van der Waals surface area contributed by atoms with E-state index >= 15 is 0 Å². The van der Waals surface area contributed by atoms with Gasteiger partial charge in [-0.05, 0) is 85.1 Å². The lowest BCUT2D eigenvalue weighted by Gasteiger charge is -2.46. The Kier molecular flexibility index (Phi) is 8.38. The molecule has 1 N–H and O–H groups in total. The monoisotopic (exact) mass is 641 g/mol. The number of anilines is 2. The molecule has 0 atom stereocenters. The van der Waals surface area contributed by atoms with E-state index in [0.717, 1.165) is 54.0 Å². The third-order valence-electron chi connectivity index (χ3n) is 9.45. The van der Waals surface area contributed by atoms with Crippen LogP contribution in [-0.4, -0.2) is 32.6 Å². The highest BCUT2D eigenvalue weighted by Crippen LogP contribution is 2.42. The number of benzene rings is 3. The molecule has 1 aliphatic heterocycles. The second-order valence-corrected chi connectivity index (χ2v) is 21.2. The van der Waals surface area contributed by atoms with Crippen LogP contribution in [0.2, 0.25) is 5.04 Å². The Morgan fingerprint density at radius 3 is 1.91 bits per heavy atom. The first-order chi connectivity index (χ1) is 21.2. The van der Waals surface area contributed by atoms with Gasteiger partial charge in [-0.25, -0.2) is 13.1 Å². The molecule has 0 bridgehead atoms. The van der Waals surface area contributed by atoms with Crippen molar-refractivity contribution in [3.63, 3.8) is 0 Å². The van der Waals surface area contributed by atoms with Gasteiger partial charge in [0.1, 0.15) is 5.82 Å². The zero-order valence-corrected chi connectivity index (χ0v) is 29.3. The van der Waals surface area contributed by atoms with Gasteiger partial charge in [-0.3, -0.25) is 0 Å². The fraction of sp³-hybridized carbons (Fsp3) is 0.432. The van der Waals surface area contributed by atoms with Crippen molar-refractivity contribution in [2.75, 3.05) is 5.32 Å². The van der Waals surface area contributed by atoms with Gasteiger partial charge in [-0.2, -0.15) is 5.10 Å². The minimum atomic E-state index is -3.05. The zero-order chi connectivity index (χ0) is 32.0. The fourth-order valence-corrected chi connectivity index (χ4v) is 13.6. The molecule has 45 heavy (non-hydrogen) atoms. The Morgan fingerprint density at radius 2 is 1.36 bits per heavy atom. The van der Waals surface area contributed by atoms with Gasteiger partial charge in [0.25, 0.3) is 8.32 Å². The number of fused-ring (bicyclic) bond motifs is 1. The smallest absolute Gasteiger partial charge is 0.261 e. The van der Waals surface area contributed by atoms with Gasteiger partial charge in [0, 0.05) is 23.8 Å². The number of rotatable bonds is 7. The third kappa shape index (κ3) is 6.42. The summed E-state index contributed by atoms with van der Waals surface area (Å²) in [6.07, 6.45) is 4.25. The van der Waals surface area contributed by atoms with Crippen molar-refractivity contribution >= 4 is 40.0 Å². The van der Waals surface area contributed by atoms with Gasteiger partial charge < -0.3 is 9.74 Å². The fourth-order valence-electron chi connectivity index (χ4n) is 7.27. The van der Waals surface area contributed by atoms with Crippen LogP contribution in [0.4, 0.5) is 11.5 Å². The second-order valence-electron chi connectivity index (χ2n) is 14.9. The third-order valence-corrected chi connectivity index (χ3v) is 16.0. The van der Waals surface area contributed by atoms with Crippen LogP contribution < -0.4 is 15.7 Å². The van der Waals surface area contributed by atoms with E-state index in [9.17, 15) is 8.42 Å². The summed E-state index contributed by atoms with van der Waals surface area (Å²) in [5, 5.41) is 11.3. The largest absolute Gasteiger partial charge is 0.404 e. The molecule has 4 aromatic rings. The Labute approximate surface area is 270 Å². The molecule has 1 saturated carbocycles. The van der Waals surface area contributed by atoms with Crippen LogP contribution in [0.25, 0.3) is 0 Å². The molecule has 1 aromatic heterocycles. The summed E-state index contributed by atoms with van der Waals surface area (Å²) in [6, 6.07) is 29.9. The molecule has 0 saturated heterocycles. The maximum absolute atomic E-state index is 12.2. The number of nitrogens with zero attached hydrogens (tertiary/aromatic N) is 2. The van der Waals surface area contributed by atoms with Gasteiger partial charge in [0.15, 0.2) is 9.84 Å². The molecule has 8 heteroatoms. The number of sulfone groups is 1. The van der Waals surface area contributed by atoms with Crippen LogP contribution in [0.5, 0.6) is 0 Å². The summed E-state index contributed by atoms with van der Waals surface area (Å²) < 4.78 is 33.9. The maximum atomic E-state index is 12.2. The van der Waals surface area contributed by atoms with E-state index in [1.165, 1.54) is 10.4 Å². The second kappa shape index (κ2) is 11.9. The van der Waals surface area contributed by atoms with Crippen molar-refractivity contribution < 1.29 is 12.8 Å². The highest BCUT2D eigenvalue weighted by molar-refractivity contribution is 7.90. The average molecular weight is 642 g/mol. The SMILES string of the molecule is CC(C)(C)n1nc(C2CCC(O[Si](c3ccccc3)(c3ccccc3)C(C)(C)C)CC2)cc1Nc1ccc2c(c1)CS(=O)(=O)C2. The highest BCUT2D eigenvalue weighted by atomic mass is 32.2. The first-order valence-corrected chi connectivity index (χ1v) is 20.0. The predicted octanol–water partition coefficient (Wildman–Crippen LogP) is 7.41. The molecule has 238 valence electrons. The van der Waals surface area contributed by atoms with Gasteiger partial charge >= 0.3 is 0 Å². The van der Waals surface area contributed by atoms with Crippen molar-refractivity contribution in [1.29, 1.82) is 0 Å². The average Bonchev–Trinajstić information content (AvgIpc) is 3.56. The standard InChI is InChI=1S/C37H47N3O3SSi/c1-36(2,3)40-35(38-30-20-17-28-25-44(41,42)26-29(28)23-30)24-34(39-40)27-18-21-31(22-19-27)43-45(37(4,5)6,32-13-9-7-10-14-32)33-15-11-8-12-16-33/h7-17,20,23-24,27,31,38H,18-19,21-22,25-26H2,1-6H3. The summed E-state index contributed by atoms with van der Waals surface area (Å²) in [4.78, 5) is 0. The number of hydrogen-bond acceptors (Lipinski definition) is 5. The van der Waals surface area contributed by atoms with E-state index in [1.807, 2.05) is 18.2 Å². The zero-order valence-electron chi connectivity index (χ0n) is 27.5. The van der Waals surface area contributed by atoms with Crippen molar-refractivity contribution in [2.24, 2.45) is 0 Å². The quantitative estimate of drug-likeness (QED) is 0.213. The summed E-state index contributed by atoms with van der Waals surface area (Å²) in [7, 11) is -5.64. The molecule has 0 spiro atoms. The highest BCUT2D eigenvalue weighted by Gasteiger charge is 2.51. The van der Waals surface area contributed by atoms with E-state index in [1.54, 1.807) is 0 Å². The first kappa shape index (κ1) is 31.8. The van der Waals surface area contributed by atoms with E-state index in [-0.39, 0.29) is 28.2 Å². The molecule has 0 unspecified atom stereocenters. The van der Waals surface area contributed by atoms with Crippen LogP contribution in [0.3, 0.4) is 0 Å². The van der Waals surface area contributed by atoms with Crippen molar-refractivity contribution in [1.82, 2.24) is 9.78 Å². The Balaban J connectivity index is 1.23. The molecule has 2 aliphatic rings. The van der Waals surface area contributed by atoms with Crippen LogP contribution in [-0.2, 0) is 31.3 Å². The topological polar surface area (TPSA) is 73.2 Å². The molecule has 0 radical (unpaired) electrons. The predicted molar refractivity (Wildman–Crippen MR) is 187 cm³/mol. The van der Waals surface area contributed by atoms with E-state index in [4.69, 9.17) is 9.52 Å². The molecule has 3 aromatic carbocycles. The minimum Gasteiger partial charge on any atom is -0.404 e. The number of nitrogens with one attached hydrogen (secondary N) is 1. The molecular formula is C37H47N3O3SSi. The van der Waals surface area contributed by atoms with Crippen molar-refractivity contribution in [2.45, 2.75) is 101 Å². The summed E-state index contributed by atoms with van der Waals surface area (Å²) >= 11 is 0. The molecule has 0 amide bonds. The number of aromatic nitrogens is 2. The van der Waals surface area contributed by atoms with Gasteiger partial charge in [-0.15, -0.1) is 0 Å². The summed E-state index contributed by atoms with van der Waals surface area (Å²) in [6.45, 7) is 13.5. The van der Waals surface area contributed by atoms with E-state index < -0.39 is 18.2 Å². The van der Waals surface area contributed by atoms with Gasteiger partial charge in [0.2, 0.25) is 0 Å². The Morgan fingerprint density at radius 1 is 0.778 bits per heavy atom. The van der Waals surface area contributed by atoms with Crippen LogP contribution in [0.15, 0.2) is 84.9 Å². The molecular weight excluding hydrogens is 595 g/mol. The number of hydrogen-bond donors (Lipinski definition) is 1. The lowest BCUT2D eigenvalue weighted by molar-refractivity contribution is 0.134. The first-order valence-electron chi connectivity index (χ1n) is 16.2. The van der Waals surface area contributed by atoms with Gasteiger partial charge in [-0.1, -0.05) is 87.5 Å². The summed E-state index contributed by atoms with van der Waals surface area (Å²) in [5.74, 6) is 1.54. The lowest BCUT2D eigenvalue weighted by Crippen LogP contribution is -2.67. The van der Waals surface area contributed by atoms with Crippen LogP contribution >= 0.6 is 0 Å². The molecule has 6 rings (SSSR count). The maximum Gasteiger partial charge on any atom is 0.261 e. The Hall–Kier alpha value is -3.20. The molecule has 1 aliphatic carbocycles. The Bertz CT molecular complexity index is 1710. The molecule has 6 nitrogen and oxygen atoms in total. The minimum absolute atomic E-state index is 0.0413.